The molecule has 4 bridgehead atoms. The Kier molecular flexibility index (Phi) is 6.04. The summed E-state index contributed by atoms with van der Waals surface area (Å²) >= 11 is 0. The number of carbonyl (C=O) groups excluding carboxylic acids is 2. The van der Waals surface area contributed by atoms with E-state index in [4.69, 9.17) is 9.47 Å². The fourth-order valence-electron chi connectivity index (χ4n) is 7.19. The van der Waals surface area contributed by atoms with Crippen molar-refractivity contribution in [2.75, 3.05) is 26.3 Å². The van der Waals surface area contributed by atoms with Crippen LogP contribution < -0.4 is 14.8 Å². The first-order chi connectivity index (χ1) is 15.5. The topological polar surface area (TPSA) is 67.9 Å². The Hall–Kier alpha value is -2.24. The van der Waals surface area contributed by atoms with Crippen molar-refractivity contribution in [2.45, 2.75) is 64.3 Å². The quantitative estimate of drug-likeness (QED) is 0.701. The molecule has 0 radical (unpaired) electrons. The van der Waals surface area contributed by atoms with Crippen LogP contribution in [0.4, 0.5) is 0 Å². The summed E-state index contributed by atoms with van der Waals surface area (Å²) in [5.41, 5.74) is -0.0629. The largest absolute Gasteiger partial charge is 0.490 e. The zero-order valence-corrected chi connectivity index (χ0v) is 19.2. The standard InChI is InChI=1S/C26H36N2O4/c1-2-31-22-5-3-4-6-23(22)32-17-24(29)27-21-7-9-28(10-8-21)25(30)26-14-18-11-19(15-26)13-20(12-18)16-26/h3-6,18-21H,2,7-17H2,1H3,(H,27,29). The van der Waals surface area contributed by atoms with Gasteiger partial charge >= 0.3 is 0 Å². The lowest BCUT2D eigenvalue weighted by atomic mass is 9.49. The van der Waals surface area contributed by atoms with Crippen LogP contribution in [-0.4, -0.2) is 49.1 Å². The van der Waals surface area contributed by atoms with Crippen molar-refractivity contribution >= 4 is 11.8 Å². The third-order valence-corrected chi connectivity index (χ3v) is 8.15. The number of hydrogen-bond acceptors (Lipinski definition) is 4. The van der Waals surface area contributed by atoms with Gasteiger partial charge in [-0.3, -0.25) is 9.59 Å². The molecule has 0 aromatic heterocycles. The average molecular weight is 441 g/mol. The number of nitrogens with zero attached hydrogens (tertiary/aromatic N) is 1. The van der Waals surface area contributed by atoms with Crippen molar-refractivity contribution in [1.29, 1.82) is 0 Å². The molecule has 1 heterocycles. The van der Waals surface area contributed by atoms with E-state index in [1.165, 1.54) is 19.3 Å². The number of ether oxygens (including phenoxy) is 2. The van der Waals surface area contributed by atoms with E-state index in [0.717, 1.165) is 62.9 Å². The van der Waals surface area contributed by atoms with Crippen LogP contribution >= 0.6 is 0 Å². The Labute approximate surface area is 191 Å². The van der Waals surface area contributed by atoms with E-state index in [2.05, 4.69) is 10.2 Å². The summed E-state index contributed by atoms with van der Waals surface area (Å²) in [6, 6.07) is 7.51. The van der Waals surface area contributed by atoms with Gasteiger partial charge in [0.25, 0.3) is 5.91 Å². The van der Waals surface area contributed by atoms with E-state index in [9.17, 15) is 9.59 Å². The molecule has 4 saturated carbocycles. The molecule has 2 amide bonds. The SMILES string of the molecule is CCOc1ccccc1OCC(=O)NC1CCN(C(=O)C23CC4CC(CC(C4)C2)C3)CC1. The molecule has 0 atom stereocenters. The number of amides is 2. The zero-order chi connectivity index (χ0) is 22.1. The predicted molar refractivity (Wildman–Crippen MR) is 121 cm³/mol. The molecule has 4 aliphatic carbocycles. The molecule has 1 aromatic rings. The average Bonchev–Trinajstić information content (AvgIpc) is 2.78. The molecule has 1 N–H and O–H groups in total. The van der Waals surface area contributed by atoms with Crippen LogP contribution in [-0.2, 0) is 9.59 Å². The van der Waals surface area contributed by atoms with Crippen LogP contribution in [0.5, 0.6) is 11.5 Å². The summed E-state index contributed by atoms with van der Waals surface area (Å²) in [5.74, 6) is 3.89. The minimum absolute atomic E-state index is 0.0312. The number of likely N-dealkylation sites (tertiary alicyclic amines) is 1. The van der Waals surface area contributed by atoms with Crippen molar-refractivity contribution in [1.82, 2.24) is 10.2 Å². The number of carbonyl (C=O) groups is 2. The molecule has 6 heteroatoms. The fourth-order valence-corrected chi connectivity index (χ4v) is 7.19. The molecular weight excluding hydrogens is 404 g/mol. The van der Waals surface area contributed by atoms with Gasteiger partial charge in [0.05, 0.1) is 12.0 Å². The minimum atomic E-state index is -0.123. The number of para-hydroxylation sites is 2. The molecule has 174 valence electrons. The molecule has 6 rings (SSSR count). The highest BCUT2D eigenvalue weighted by Crippen LogP contribution is 2.60. The molecule has 6 nitrogen and oxygen atoms in total. The Morgan fingerprint density at radius 3 is 2.09 bits per heavy atom. The summed E-state index contributed by atoms with van der Waals surface area (Å²) < 4.78 is 11.2. The van der Waals surface area contributed by atoms with Gasteiger partial charge in [-0.2, -0.15) is 0 Å². The van der Waals surface area contributed by atoms with Gasteiger partial charge in [-0.1, -0.05) is 12.1 Å². The zero-order valence-electron chi connectivity index (χ0n) is 19.2. The summed E-state index contributed by atoms with van der Waals surface area (Å²) in [7, 11) is 0. The second-order valence-electron chi connectivity index (χ2n) is 10.5. The second kappa shape index (κ2) is 8.95. The number of rotatable bonds is 7. The molecule has 0 unspecified atom stereocenters. The van der Waals surface area contributed by atoms with Gasteiger partial charge in [-0.15, -0.1) is 0 Å². The van der Waals surface area contributed by atoms with Crippen molar-refractivity contribution in [3.05, 3.63) is 24.3 Å². The normalized spacial score (nSPS) is 31.4. The molecule has 5 aliphatic rings. The van der Waals surface area contributed by atoms with Crippen LogP contribution in [0.1, 0.15) is 58.3 Å². The van der Waals surface area contributed by atoms with Gasteiger partial charge in [0.15, 0.2) is 18.1 Å². The van der Waals surface area contributed by atoms with Gasteiger partial charge in [0, 0.05) is 19.1 Å². The fraction of sp³-hybridized carbons (Fsp3) is 0.692. The number of hydrogen-bond donors (Lipinski definition) is 1. The van der Waals surface area contributed by atoms with Crippen LogP contribution in [0.25, 0.3) is 0 Å². The van der Waals surface area contributed by atoms with Crippen molar-refractivity contribution in [3.63, 3.8) is 0 Å². The van der Waals surface area contributed by atoms with E-state index >= 15 is 0 Å². The molecule has 0 spiro atoms. The molecule has 1 aromatic carbocycles. The van der Waals surface area contributed by atoms with E-state index in [1.807, 2.05) is 31.2 Å². The van der Waals surface area contributed by atoms with Crippen LogP contribution in [0.3, 0.4) is 0 Å². The molecular formula is C26H36N2O4. The van der Waals surface area contributed by atoms with Crippen molar-refractivity contribution < 1.29 is 19.1 Å². The number of benzene rings is 1. The first kappa shape index (κ1) is 21.6. The number of piperidine rings is 1. The van der Waals surface area contributed by atoms with E-state index in [-0.39, 0.29) is 24.0 Å². The van der Waals surface area contributed by atoms with Crippen molar-refractivity contribution in [2.24, 2.45) is 23.2 Å². The first-order valence-electron chi connectivity index (χ1n) is 12.5. The maximum absolute atomic E-state index is 13.5. The van der Waals surface area contributed by atoms with Gasteiger partial charge < -0.3 is 19.7 Å². The monoisotopic (exact) mass is 440 g/mol. The highest BCUT2D eigenvalue weighted by atomic mass is 16.5. The van der Waals surface area contributed by atoms with E-state index in [1.54, 1.807) is 0 Å². The molecule has 1 aliphatic heterocycles. The van der Waals surface area contributed by atoms with E-state index in [0.29, 0.717) is 24.0 Å². The maximum atomic E-state index is 13.5. The van der Waals surface area contributed by atoms with Crippen molar-refractivity contribution in [3.8, 4) is 11.5 Å². The third kappa shape index (κ3) is 4.33. The smallest absolute Gasteiger partial charge is 0.258 e. The Balaban J connectivity index is 1.09. The third-order valence-electron chi connectivity index (χ3n) is 8.15. The summed E-state index contributed by atoms with van der Waals surface area (Å²) in [5, 5.41) is 3.09. The molecule has 1 saturated heterocycles. The van der Waals surface area contributed by atoms with Crippen LogP contribution in [0.15, 0.2) is 24.3 Å². The maximum Gasteiger partial charge on any atom is 0.258 e. The lowest BCUT2D eigenvalue weighted by molar-refractivity contribution is -0.158. The Bertz CT molecular complexity index is 811. The first-order valence-corrected chi connectivity index (χ1v) is 12.5. The van der Waals surface area contributed by atoms with Crippen LogP contribution in [0.2, 0.25) is 0 Å². The summed E-state index contributed by atoms with van der Waals surface area (Å²) in [6.07, 6.45) is 9.07. The minimum Gasteiger partial charge on any atom is -0.490 e. The number of nitrogens with one attached hydrogen (secondary N) is 1. The molecule has 5 fully saturated rings. The second-order valence-corrected chi connectivity index (χ2v) is 10.5. The van der Waals surface area contributed by atoms with Gasteiger partial charge in [0.1, 0.15) is 0 Å². The highest BCUT2D eigenvalue weighted by Gasteiger charge is 2.55. The summed E-state index contributed by atoms with van der Waals surface area (Å²) in [6.45, 7) is 3.94. The van der Waals surface area contributed by atoms with Gasteiger partial charge in [0.2, 0.25) is 5.91 Å². The summed E-state index contributed by atoms with van der Waals surface area (Å²) in [4.78, 5) is 28.1. The lowest BCUT2D eigenvalue weighted by Crippen LogP contribution is -2.57. The van der Waals surface area contributed by atoms with E-state index < -0.39 is 0 Å². The van der Waals surface area contributed by atoms with Crippen LogP contribution in [0, 0.1) is 23.2 Å². The van der Waals surface area contributed by atoms with Gasteiger partial charge in [-0.05, 0) is 88.2 Å². The predicted octanol–water partition coefficient (Wildman–Crippen LogP) is 3.79. The van der Waals surface area contributed by atoms with Gasteiger partial charge in [-0.25, -0.2) is 0 Å². The highest BCUT2D eigenvalue weighted by molar-refractivity contribution is 5.83. The Morgan fingerprint density at radius 2 is 1.53 bits per heavy atom. The molecule has 32 heavy (non-hydrogen) atoms. The Morgan fingerprint density at radius 1 is 0.969 bits per heavy atom. The lowest BCUT2D eigenvalue weighted by Gasteiger charge is -2.57.